The summed E-state index contributed by atoms with van der Waals surface area (Å²) in [6.45, 7) is 7.03. The molecule has 0 spiro atoms. The molecule has 0 amide bonds. The number of nitrogens with one attached hydrogen (secondary N) is 1. The second-order valence-electron chi connectivity index (χ2n) is 4.57. The van der Waals surface area contributed by atoms with Crippen LogP contribution in [-0.4, -0.2) is 37.6 Å². The molecule has 5 heteroatoms. The van der Waals surface area contributed by atoms with Gasteiger partial charge in [0.15, 0.2) is 0 Å². The number of halogens is 1. The summed E-state index contributed by atoms with van der Waals surface area (Å²) in [4.78, 5) is 0. The molecule has 1 aromatic rings. The molecule has 114 valence electrons. The molecule has 0 saturated heterocycles. The van der Waals surface area contributed by atoms with Gasteiger partial charge < -0.3 is 19.9 Å². The Hall–Kier alpha value is -0.620. The topological polar surface area (TPSA) is 50.7 Å². The molecule has 0 fully saturated rings. The van der Waals surface area contributed by atoms with Crippen molar-refractivity contribution in [3.05, 3.63) is 28.2 Å². The van der Waals surface area contributed by atoms with Gasteiger partial charge in [0.2, 0.25) is 0 Å². The van der Waals surface area contributed by atoms with E-state index in [4.69, 9.17) is 9.47 Å². The second kappa shape index (κ2) is 10.2. The van der Waals surface area contributed by atoms with E-state index in [0.717, 1.165) is 29.7 Å². The molecular formula is C15H24BrNO3. The smallest absolute Gasteiger partial charge is 0.133 e. The fraction of sp³-hybridized carbons (Fsp3) is 0.600. The Bertz CT molecular complexity index is 387. The van der Waals surface area contributed by atoms with Crippen LogP contribution in [0.1, 0.15) is 25.8 Å². The summed E-state index contributed by atoms with van der Waals surface area (Å²) in [6.07, 6.45) is 0.521. The maximum Gasteiger partial charge on any atom is 0.133 e. The summed E-state index contributed by atoms with van der Waals surface area (Å²) in [5.74, 6) is 0.736. The lowest BCUT2D eigenvalue weighted by molar-refractivity contribution is 0.0163. The predicted octanol–water partition coefficient (Wildman–Crippen LogP) is 2.72. The van der Waals surface area contributed by atoms with E-state index in [1.807, 2.05) is 25.1 Å². The number of aliphatic hydroxyl groups excluding tert-OH is 1. The maximum absolute atomic E-state index is 9.66. The molecule has 0 aliphatic heterocycles. The van der Waals surface area contributed by atoms with E-state index in [0.29, 0.717) is 13.2 Å². The molecule has 1 aromatic carbocycles. The van der Waals surface area contributed by atoms with E-state index in [1.54, 1.807) is 0 Å². The van der Waals surface area contributed by atoms with Crippen LogP contribution < -0.4 is 10.1 Å². The van der Waals surface area contributed by atoms with E-state index < -0.39 is 6.10 Å². The van der Waals surface area contributed by atoms with Crippen molar-refractivity contribution in [2.75, 3.05) is 26.4 Å². The highest BCUT2D eigenvalue weighted by Crippen LogP contribution is 2.26. The average molecular weight is 346 g/mol. The van der Waals surface area contributed by atoms with Crippen molar-refractivity contribution in [2.45, 2.75) is 32.9 Å². The zero-order valence-electron chi connectivity index (χ0n) is 12.2. The van der Waals surface area contributed by atoms with E-state index in [2.05, 4.69) is 28.2 Å². The SMILES string of the molecule is CCCNCc1ccc(OCC(O)COCC)c(Br)c1. The predicted molar refractivity (Wildman–Crippen MR) is 84.1 cm³/mol. The van der Waals surface area contributed by atoms with Crippen LogP contribution in [0.25, 0.3) is 0 Å². The molecule has 1 unspecified atom stereocenters. The first-order valence-corrected chi connectivity index (χ1v) is 7.84. The minimum atomic E-state index is -0.604. The van der Waals surface area contributed by atoms with Crippen molar-refractivity contribution in [3.63, 3.8) is 0 Å². The van der Waals surface area contributed by atoms with E-state index in [1.165, 1.54) is 5.56 Å². The molecule has 0 saturated carbocycles. The highest BCUT2D eigenvalue weighted by Gasteiger charge is 2.08. The Morgan fingerprint density at radius 3 is 2.75 bits per heavy atom. The van der Waals surface area contributed by atoms with Crippen LogP contribution in [0.5, 0.6) is 5.75 Å². The van der Waals surface area contributed by atoms with Gasteiger partial charge >= 0.3 is 0 Å². The molecule has 1 atom stereocenters. The van der Waals surface area contributed by atoms with Crippen LogP contribution in [0.3, 0.4) is 0 Å². The van der Waals surface area contributed by atoms with Crippen LogP contribution in [0.2, 0.25) is 0 Å². The Kier molecular flexibility index (Phi) is 8.85. The van der Waals surface area contributed by atoms with Crippen molar-refractivity contribution in [1.29, 1.82) is 0 Å². The lowest BCUT2D eigenvalue weighted by Gasteiger charge is -2.14. The van der Waals surface area contributed by atoms with E-state index >= 15 is 0 Å². The Morgan fingerprint density at radius 2 is 2.10 bits per heavy atom. The van der Waals surface area contributed by atoms with Crippen molar-refractivity contribution >= 4 is 15.9 Å². The summed E-state index contributed by atoms with van der Waals surface area (Å²) in [5.41, 5.74) is 1.20. The van der Waals surface area contributed by atoms with Gasteiger partial charge in [-0.1, -0.05) is 13.0 Å². The Balaban J connectivity index is 2.43. The van der Waals surface area contributed by atoms with Gasteiger partial charge in [0.1, 0.15) is 18.5 Å². The van der Waals surface area contributed by atoms with Crippen LogP contribution in [0, 0.1) is 0 Å². The van der Waals surface area contributed by atoms with Crippen molar-refractivity contribution < 1.29 is 14.6 Å². The number of hydrogen-bond donors (Lipinski definition) is 2. The molecule has 0 bridgehead atoms. The zero-order chi connectivity index (χ0) is 14.8. The zero-order valence-corrected chi connectivity index (χ0v) is 13.8. The molecule has 2 N–H and O–H groups in total. The third-order valence-corrected chi connectivity index (χ3v) is 3.32. The normalized spacial score (nSPS) is 12.4. The summed E-state index contributed by atoms with van der Waals surface area (Å²) in [6, 6.07) is 5.98. The Morgan fingerprint density at radius 1 is 1.30 bits per heavy atom. The number of aliphatic hydroxyl groups is 1. The van der Waals surface area contributed by atoms with Gasteiger partial charge in [-0.2, -0.15) is 0 Å². The van der Waals surface area contributed by atoms with Crippen LogP contribution in [0.4, 0.5) is 0 Å². The highest BCUT2D eigenvalue weighted by molar-refractivity contribution is 9.10. The molecule has 0 heterocycles. The molecule has 0 aromatic heterocycles. The van der Waals surface area contributed by atoms with Crippen molar-refractivity contribution in [1.82, 2.24) is 5.32 Å². The van der Waals surface area contributed by atoms with Crippen LogP contribution >= 0.6 is 15.9 Å². The van der Waals surface area contributed by atoms with Gasteiger partial charge in [-0.25, -0.2) is 0 Å². The summed E-state index contributed by atoms with van der Waals surface area (Å²) in [7, 11) is 0. The van der Waals surface area contributed by atoms with Gasteiger partial charge in [0, 0.05) is 13.2 Å². The third-order valence-electron chi connectivity index (χ3n) is 2.70. The van der Waals surface area contributed by atoms with Gasteiger partial charge in [-0.15, -0.1) is 0 Å². The molecular weight excluding hydrogens is 322 g/mol. The van der Waals surface area contributed by atoms with Crippen molar-refractivity contribution in [2.24, 2.45) is 0 Å². The maximum atomic E-state index is 9.66. The fourth-order valence-corrected chi connectivity index (χ4v) is 2.21. The molecule has 0 aliphatic rings. The highest BCUT2D eigenvalue weighted by atomic mass is 79.9. The van der Waals surface area contributed by atoms with Crippen LogP contribution in [-0.2, 0) is 11.3 Å². The summed E-state index contributed by atoms with van der Waals surface area (Å²) < 4.78 is 11.6. The minimum absolute atomic E-state index is 0.228. The van der Waals surface area contributed by atoms with Gasteiger partial charge in [0.25, 0.3) is 0 Å². The number of hydrogen-bond acceptors (Lipinski definition) is 4. The van der Waals surface area contributed by atoms with Gasteiger partial charge in [-0.3, -0.25) is 0 Å². The number of rotatable bonds is 10. The largest absolute Gasteiger partial charge is 0.490 e. The van der Waals surface area contributed by atoms with Gasteiger partial charge in [0.05, 0.1) is 11.1 Å². The first-order valence-electron chi connectivity index (χ1n) is 7.05. The monoisotopic (exact) mass is 345 g/mol. The standard InChI is InChI=1S/C15H24BrNO3/c1-3-7-17-9-12-5-6-15(14(16)8-12)20-11-13(18)10-19-4-2/h5-6,8,13,17-18H,3-4,7,9-11H2,1-2H3. The molecule has 0 radical (unpaired) electrons. The van der Waals surface area contributed by atoms with Crippen molar-refractivity contribution in [3.8, 4) is 5.75 Å². The first-order chi connectivity index (χ1) is 9.67. The number of ether oxygens (including phenoxy) is 2. The van der Waals surface area contributed by atoms with Crippen LogP contribution in [0.15, 0.2) is 22.7 Å². The molecule has 1 rings (SSSR count). The lowest BCUT2D eigenvalue weighted by Crippen LogP contribution is -2.23. The first kappa shape index (κ1) is 17.4. The lowest BCUT2D eigenvalue weighted by atomic mass is 10.2. The van der Waals surface area contributed by atoms with Gasteiger partial charge in [-0.05, 0) is 53.5 Å². The quantitative estimate of drug-likeness (QED) is 0.640. The van der Waals surface area contributed by atoms with E-state index in [-0.39, 0.29) is 6.61 Å². The molecule has 0 aliphatic carbocycles. The Labute approximate surface area is 129 Å². The van der Waals surface area contributed by atoms with E-state index in [9.17, 15) is 5.11 Å². The molecule has 4 nitrogen and oxygen atoms in total. The third kappa shape index (κ3) is 6.70. The molecule has 20 heavy (non-hydrogen) atoms. The minimum Gasteiger partial charge on any atom is -0.490 e. The summed E-state index contributed by atoms with van der Waals surface area (Å²) >= 11 is 3.49. The average Bonchev–Trinajstić information content (AvgIpc) is 2.44. The number of benzene rings is 1. The summed E-state index contributed by atoms with van der Waals surface area (Å²) in [5, 5.41) is 13.0. The fourth-order valence-electron chi connectivity index (χ4n) is 1.67. The second-order valence-corrected chi connectivity index (χ2v) is 5.42.